The molecule has 0 spiro atoms. The van der Waals surface area contributed by atoms with E-state index in [1.165, 1.54) is 30.5 Å². The van der Waals surface area contributed by atoms with Crippen LogP contribution in [0.3, 0.4) is 0 Å². The van der Waals surface area contributed by atoms with Gasteiger partial charge in [-0.2, -0.15) is 0 Å². The first-order valence-electron chi connectivity index (χ1n) is 10.1. The Labute approximate surface area is 190 Å². The molecule has 0 unspecified atom stereocenters. The van der Waals surface area contributed by atoms with Gasteiger partial charge in [-0.1, -0.05) is 30.3 Å². The molecular formula is C24H21N3O5S. The molecule has 0 atom stereocenters. The van der Waals surface area contributed by atoms with Crippen LogP contribution in [0.25, 0.3) is 10.8 Å². The Morgan fingerprint density at radius 3 is 2.33 bits per heavy atom. The van der Waals surface area contributed by atoms with E-state index >= 15 is 0 Å². The van der Waals surface area contributed by atoms with E-state index in [1.807, 2.05) is 30.3 Å². The van der Waals surface area contributed by atoms with E-state index in [0.29, 0.717) is 17.0 Å². The van der Waals surface area contributed by atoms with Gasteiger partial charge in [-0.3, -0.25) is 9.59 Å². The summed E-state index contributed by atoms with van der Waals surface area (Å²) in [6.07, 6.45) is 1.46. The highest BCUT2D eigenvalue weighted by Crippen LogP contribution is 2.16. The minimum atomic E-state index is -3.73. The summed E-state index contributed by atoms with van der Waals surface area (Å²) in [6, 6.07) is 22.1. The lowest BCUT2D eigenvalue weighted by Gasteiger charge is -2.09. The molecule has 4 rings (SSSR count). The van der Waals surface area contributed by atoms with Crippen LogP contribution < -0.4 is 15.4 Å². The Morgan fingerprint density at radius 1 is 0.848 bits per heavy atom. The topological polar surface area (TPSA) is 118 Å². The standard InChI is InChI=1S/C24H21N3O5S/c28-23(16-25-24(29)19-8-7-17-4-1-2-5-18(17)14-19)27-20-9-11-22(12-10-20)33(30,31)26-15-21-6-3-13-32-21/h1-14,26H,15-16H2,(H,25,29)(H,27,28). The van der Waals surface area contributed by atoms with Crippen LogP contribution >= 0.6 is 0 Å². The van der Waals surface area contributed by atoms with Crippen LogP contribution in [0.5, 0.6) is 0 Å². The predicted molar refractivity (Wildman–Crippen MR) is 124 cm³/mol. The van der Waals surface area contributed by atoms with E-state index in [-0.39, 0.29) is 23.9 Å². The van der Waals surface area contributed by atoms with Crippen molar-refractivity contribution in [1.82, 2.24) is 10.0 Å². The van der Waals surface area contributed by atoms with Gasteiger partial charge in [0.1, 0.15) is 5.76 Å². The number of hydrogen-bond acceptors (Lipinski definition) is 5. The number of sulfonamides is 1. The molecule has 3 N–H and O–H groups in total. The van der Waals surface area contributed by atoms with Crippen LogP contribution in [0, 0.1) is 0 Å². The normalized spacial score (nSPS) is 11.3. The predicted octanol–water partition coefficient (Wildman–Crippen LogP) is 3.28. The molecule has 0 aliphatic carbocycles. The maximum absolute atomic E-state index is 12.4. The first-order valence-corrected chi connectivity index (χ1v) is 11.6. The van der Waals surface area contributed by atoms with Gasteiger partial charge in [-0.15, -0.1) is 0 Å². The Morgan fingerprint density at radius 2 is 1.61 bits per heavy atom. The summed E-state index contributed by atoms with van der Waals surface area (Å²) in [7, 11) is -3.73. The van der Waals surface area contributed by atoms with Gasteiger partial charge in [0.05, 0.1) is 24.2 Å². The van der Waals surface area contributed by atoms with Crippen molar-refractivity contribution >= 4 is 38.3 Å². The number of anilines is 1. The van der Waals surface area contributed by atoms with Gasteiger partial charge < -0.3 is 15.1 Å². The molecular weight excluding hydrogens is 442 g/mol. The Bertz CT molecular complexity index is 1380. The van der Waals surface area contributed by atoms with Gasteiger partial charge in [-0.05, 0) is 59.3 Å². The first kappa shape index (κ1) is 22.3. The number of hydrogen-bond donors (Lipinski definition) is 3. The van der Waals surface area contributed by atoms with E-state index in [0.717, 1.165) is 10.8 Å². The van der Waals surface area contributed by atoms with Crippen LogP contribution in [-0.2, 0) is 21.4 Å². The van der Waals surface area contributed by atoms with E-state index in [1.54, 1.807) is 24.3 Å². The minimum Gasteiger partial charge on any atom is -0.468 e. The zero-order valence-electron chi connectivity index (χ0n) is 17.4. The largest absolute Gasteiger partial charge is 0.468 e. The Kier molecular flexibility index (Phi) is 6.53. The van der Waals surface area contributed by atoms with E-state index < -0.39 is 15.9 Å². The summed E-state index contributed by atoms with van der Waals surface area (Å²) < 4.78 is 32.3. The zero-order chi connectivity index (χ0) is 23.3. The van der Waals surface area contributed by atoms with Crippen LogP contribution in [-0.4, -0.2) is 26.8 Å². The number of carbonyl (C=O) groups excluding carboxylic acids is 2. The van der Waals surface area contributed by atoms with Crippen molar-refractivity contribution < 1.29 is 22.4 Å². The smallest absolute Gasteiger partial charge is 0.251 e. The van der Waals surface area contributed by atoms with Gasteiger partial charge in [-0.25, -0.2) is 13.1 Å². The van der Waals surface area contributed by atoms with Crippen LogP contribution in [0.15, 0.2) is 94.4 Å². The number of amides is 2. The maximum Gasteiger partial charge on any atom is 0.251 e. The molecule has 2 amide bonds. The number of fused-ring (bicyclic) bond motifs is 1. The van der Waals surface area contributed by atoms with Crippen LogP contribution in [0.1, 0.15) is 16.1 Å². The Balaban J connectivity index is 1.30. The molecule has 0 saturated carbocycles. The highest BCUT2D eigenvalue weighted by molar-refractivity contribution is 7.89. The molecule has 0 fully saturated rings. The van der Waals surface area contributed by atoms with E-state index in [2.05, 4.69) is 15.4 Å². The molecule has 0 aliphatic rings. The van der Waals surface area contributed by atoms with Gasteiger partial charge in [0.25, 0.3) is 5.91 Å². The second-order valence-electron chi connectivity index (χ2n) is 7.22. The molecule has 3 aromatic carbocycles. The summed E-state index contributed by atoms with van der Waals surface area (Å²) in [5.41, 5.74) is 0.864. The summed E-state index contributed by atoms with van der Waals surface area (Å²) >= 11 is 0. The fourth-order valence-corrected chi connectivity index (χ4v) is 4.17. The minimum absolute atomic E-state index is 0.0325. The van der Waals surface area contributed by atoms with E-state index in [9.17, 15) is 18.0 Å². The van der Waals surface area contributed by atoms with Gasteiger partial charge >= 0.3 is 0 Å². The lowest BCUT2D eigenvalue weighted by atomic mass is 10.1. The van der Waals surface area contributed by atoms with Crippen molar-refractivity contribution in [1.29, 1.82) is 0 Å². The number of furan rings is 1. The van der Waals surface area contributed by atoms with Crippen molar-refractivity contribution in [2.24, 2.45) is 0 Å². The van der Waals surface area contributed by atoms with Gasteiger partial charge in [0.2, 0.25) is 15.9 Å². The molecule has 168 valence electrons. The number of rotatable bonds is 8. The maximum atomic E-state index is 12.4. The average molecular weight is 464 g/mol. The monoisotopic (exact) mass is 463 g/mol. The highest BCUT2D eigenvalue weighted by Gasteiger charge is 2.15. The quantitative estimate of drug-likeness (QED) is 0.371. The third-order valence-electron chi connectivity index (χ3n) is 4.89. The number of benzene rings is 3. The second-order valence-corrected chi connectivity index (χ2v) is 8.99. The molecule has 8 nitrogen and oxygen atoms in total. The highest BCUT2D eigenvalue weighted by atomic mass is 32.2. The zero-order valence-corrected chi connectivity index (χ0v) is 18.3. The molecule has 0 radical (unpaired) electrons. The molecule has 33 heavy (non-hydrogen) atoms. The lowest BCUT2D eigenvalue weighted by molar-refractivity contribution is -0.115. The third kappa shape index (κ3) is 5.65. The van der Waals surface area contributed by atoms with Crippen LogP contribution in [0.4, 0.5) is 5.69 Å². The number of nitrogens with one attached hydrogen (secondary N) is 3. The van der Waals surface area contributed by atoms with Crippen molar-refractivity contribution in [3.8, 4) is 0 Å². The first-order chi connectivity index (χ1) is 15.9. The van der Waals surface area contributed by atoms with Crippen molar-refractivity contribution in [2.45, 2.75) is 11.4 Å². The average Bonchev–Trinajstić information content (AvgIpc) is 3.35. The van der Waals surface area contributed by atoms with Crippen molar-refractivity contribution in [3.05, 3.63) is 96.4 Å². The summed E-state index contributed by atoms with van der Waals surface area (Å²) in [5.74, 6) is -0.302. The molecule has 1 aromatic heterocycles. The number of carbonyl (C=O) groups is 2. The fourth-order valence-electron chi connectivity index (χ4n) is 3.18. The molecule has 0 saturated heterocycles. The van der Waals surface area contributed by atoms with Gasteiger partial charge in [0.15, 0.2) is 0 Å². The fraction of sp³-hybridized carbons (Fsp3) is 0.0833. The molecule has 0 aliphatic heterocycles. The lowest BCUT2D eigenvalue weighted by Crippen LogP contribution is -2.32. The summed E-state index contributed by atoms with van der Waals surface area (Å²) in [4.78, 5) is 24.6. The third-order valence-corrected chi connectivity index (χ3v) is 6.30. The van der Waals surface area contributed by atoms with Gasteiger partial charge in [0, 0.05) is 11.3 Å². The molecule has 9 heteroatoms. The molecule has 0 bridgehead atoms. The second kappa shape index (κ2) is 9.68. The van der Waals surface area contributed by atoms with Crippen molar-refractivity contribution in [2.75, 3.05) is 11.9 Å². The molecule has 4 aromatic rings. The summed E-state index contributed by atoms with van der Waals surface area (Å²) in [6.45, 7) is -0.193. The molecule has 1 heterocycles. The Hall–Kier alpha value is -3.95. The summed E-state index contributed by atoms with van der Waals surface area (Å²) in [5, 5.41) is 7.17. The SMILES string of the molecule is O=C(CNC(=O)c1ccc2ccccc2c1)Nc1ccc(S(=O)(=O)NCc2ccco2)cc1. The van der Waals surface area contributed by atoms with Crippen LogP contribution in [0.2, 0.25) is 0 Å². The van der Waals surface area contributed by atoms with E-state index in [4.69, 9.17) is 4.42 Å². The van der Waals surface area contributed by atoms with Crippen molar-refractivity contribution in [3.63, 3.8) is 0 Å².